The van der Waals surface area contributed by atoms with E-state index in [1.54, 1.807) is 0 Å². The Hall–Kier alpha value is -2.31. The van der Waals surface area contributed by atoms with Crippen molar-refractivity contribution in [3.8, 4) is 5.75 Å². The van der Waals surface area contributed by atoms with Crippen LogP contribution in [0.3, 0.4) is 0 Å². The maximum Gasteiger partial charge on any atom is 0.338 e. The molecule has 1 aromatic rings. The molecule has 11 nitrogen and oxygen atoms in total. The fourth-order valence-electron chi connectivity index (χ4n) is 2.56. The molecule has 0 unspecified atom stereocenters. The molecule has 1 saturated heterocycles. The number of carbonyl (C=O) groups excluding carboxylic acids is 1. The predicted molar refractivity (Wildman–Crippen MR) is 83.6 cm³/mol. The number of rotatable bonds is 6. The number of esters is 1. The summed E-state index contributed by atoms with van der Waals surface area (Å²) < 4.78 is 20.1. The van der Waals surface area contributed by atoms with E-state index >= 15 is 0 Å². The van der Waals surface area contributed by atoms with Crippen LogP contribution in [-0.2, 0) is 14.2 Å². The average Bonchev–Trinajstić information content (AvgIpc) is 2.63. The lowest BCUT2D eigenvalue weighted by Crippen LogP contribution is -2.60. The number of hydrogen-bond acceptors (Lipinski definition) is 10. The average molecular weight is 373 g/mol. The van der Waals surface area contributed by atoms with Crippen LogP contribution in [0.2, 0.25) is 0 Å². The van der Waals surface area contributed by atoms with Crippen molar-refractivity contribution in [3.05, 3.63) is 33.9 Å². The molecule has 0 bridgehead atoms. The lowest BCUT2D eigenvalue weighted by Gasteiger charge is -2.40. The Balaban J connectivity index is 2.31. The molecular weight excluding hydrogens is 354 g/mol. The number of nitro benzene ring substituents is 1. The fourth-order valence-corrected chi connectivity index (χ4v) is 2.56. The summed E-state index contributed by atoms with van der Waals surface area (Å²) in [5.41, 5.74) is -0.612. The normalized spacial score (nSPS) is 28.4. The highest BCUT2D eigenvalue weighted by molar-refractivity contribution is 5.90. The summed E-state index contributed by atoms with van der Waals surface area (Å²) in [5, 5.41) is 40.7. The van der Waals surface area contributed by atoms with E-state index in [4.69, 9.17) is 14.2 Å². The minimum Gasteiger partial charge on any atom is -0.465 e. The summed E-state index contributed by atoms with van der Waals surface area (Å²) in [6.07, 6.45) is -6.53. The van der Waals surface area contributed by atoms with Gasteiger partial charge in [0, 0.05) is 13.2 Å². The van der Waals surface area contributed by atoms with E-state index in [-0.39, 0.29) is 11.3 Å². The summed E-state index contributed by atoms with van der Waals surface area (Å²) in [6.45, 7) is -0.586. The third-order valence-electron chi connectivity index (χ3n) is 3.91. The standard InChI is InChI=1S/C15H19NO10/c1-23-13-11(18)10(6-17)26-15(12(13)19)25-9-4-3-7(14(20)24-2)5-8(9)16(21)22/h3-5,10-13,15,17-19H,6H2,1-2H3/t10-,11+,12-,13+,15-/m1/s1. The second-order valence-electron chi connectivity index (χ2n) is 5.46. The molecule has 3 N–H and O–H groups in total. The Bertz CT molecular complexity index is 666. The SMILES string of the molecule is COC(=O)c1ccc(O[C@@H]2O[C@H](CO)[C@H](O)[C@H](OC)[C@H]2O)c([N+](=O)[O-])c1. The number of aliphatic hydroxyl groups excluding tert-OH is 3. The zero-order valence-corrected chi connectivity index (χ0v) is 14.0. The second kappa shape index (κ2) is 8.38. The lowest BCUT2D eigenvalue weighted by atomic mass is 9.99. The zero-order valence-electron chi connectivity index (χ0n) is 14.0. The van der Waals surface area contributed by atoms with Crippen molar-refractivity contribution >= 4 is 11.7 Å². The molecule has 1 heterocycles. The number of nitro groups is 1. The van der Waals surface area contributed by atoms with Crippen LogP contribution in [0.15, 0.2) is 18.2 Å². The van der Waals surface area contributed by atoms with Gasteiger partial charge in [0.15, 0.2) is 5.75 Å². The van der Waals surface area contributed by atoms with Crippen molar-refractivity contribution in [3.63, 3.8) is 0 Å². The van der Waals surface area contributed by atoms with Crippen LogP contribution in [0.1, 0.15) is 10.4 Å². The maximum absolute atomic E-state index is 11.5. The molecule has 26 heavy (non-hydrogen) atoms. The number of aliphatic hydroxyl groups is 3. The zero-order chi connectivity index (χ0) is 19.4. The molecule has 0 amide bonds. The van der Waals surface area contributed by atoms with Gasteiger partial charge >= 0.3 is 11.7 Å². The third kappa shape index (κ3) is 3.92. The summed E-state index contributed by atoms with van der Waals surface area (Å²) >= 11 is 0. The van der Waals surface area contributed by atoms with Gasteiger partial charge in [0.05, 0.1) is 24.2 Å². The Morgan fingerprint density at radius 1 is 1.31 bits per heavy atom. The van der Waals surface area contributed by atoms with Crippen molar-refractivity contribution < 1.29 is 44.0 Å². The molecule has 0 saturated carbocycles. The first-order valence-corrected chi connectivity index (χ1v) is 7.52. The number of hydrogen-bond donors (Lipinski definition) is 3. The highest BCUT2D eigenvalue weighted by Gasteiger charge is 2.46. The Kier molecular flexibility index (Phi) is 6.45. The molecule has 1 aliphatic heterocycles. The summed E-state index contributed by atoms with van der Waals surface area (Å²) in [7, 11) is 2.37. The second-order valence-corrected chi connectivity index (χ2v) is 5.46. The maximum atomic E-state index is 11.5. The Morgan fingerprint density at radius 2 is 2.00 bits per heavy atom. The molecule has 1 aromatic carbocycles. The van der Waals surface area contributed by atoms with E-state index < -0.39 is 53.9 Å². The summed E-state index contributed by atoms with van der Waals surface area (Å²) in [6, 6.07) is 3.36. The summed E-state index contributed by atoms with van der Waals surface area (Å²) in [4.78, 5) is 22.0. The molecule has 0 radical (unpaired) electrons. The molecule has 0 spiro atoms. The highest BCUT2D eigenvalue weighted by atomic mass is 16.7. The Morgan fingerprint density at radius 3 is 2.54 bits per heavy atom. The number of benzene rings is 1. The predicted octanol–water partition coefficient (Wildman–Crippen LogP) is -0.786. The van der Waals surface area contributed by atoms with Gasteiger partial charge in [-0.2, -0.15) is 0 Å². The van der Waals surface area contributed by atoms with Gasteiger partial charge in [-0.15, -0.1) is 0 Å². The number of methoxy groups -OCH3 is 2. The smallest absolute Gasteiger partial charge is 0.338 e. The monoisotopic (exact) mass is 373 g/mol. The van der Waals surface area contributed by atoms with Crippen LogP contribution in [-0.4, -0.2) is 77.7 Å². The largest absolute Gasteiger partial charge is 0.465 e. The number of nitrogens with zero attached hydrogens (tertiary/aromatic N) is 1. The van der Waals surface area contributed by atoms with E-state index in [0.29, 0.717) is 0 Å². The topological polar surface area (TPSA) is 158 Å². The molecule has 1 fully saturated rings. The van der Waals surface area contributed by atoms with Gasteiger partial charge in [-0.05, 0) is 12.1 Å². The van der Waals surface area contributed by atoms with Gasteiger partial charge in [-0.1, -0.05) is 0 Å². The van der Waals surface area contributed by atoms with E-state index in [1.165, 1.54) is 13.2 Å². The van der Waals surface area contributed by atoms with Crippen LogP contribution in [0, 0.1) is 10.1 Å². The van der Waals surface area contributed by atoms with E-state index in [0.717, 1.165) is 19.2 Å². The first-order valence-electron chi connectivity index (χ1n) is 7.52. The van der Waals surface area contributed by atoms with Crippen molar-refractivity contribution in [1.29, 1.82) is 0 Å². The number of carbonyl (C=O) groups is 1. The third-order valence-corrected chi connectivity index (χ3v) is 3.91. The van der Waals surface area contributed by atoms with Crippen LogP contribution in [0.4, 0.5) is 5.69 Å². The Labute approximate surface area is 147 Å². The van der Waals surface area contributed by atoms with Gasteiger partial charge in [-0.25, -0.2) is 4.79 Å². The lowest BCUT2D eigenvalue weighted by molar-refractivity contribution is -0.387. The van der Waals surface area contributed by atoms with Gasteiger partial charge in [0.25, 0.3) is 0 Å². The summed E-state index contributed by atoms with van der Waals surface area (Å²) in [5.74, 6) is -1.05. The quantitative estimate of drug-likeness (QED) is 0.328. The first-order chi connectivity index (χ1) is 12.3. The molecule has 11 heteroatoms. The van der Waals surface area contributed by atoms with Crippen LogP contribution < -0.4 is 4.74 Å². The minimum atomic E-state index is -1.49. The first kappa shape index (κ1) is 20.0. The van der Waals surface area contributed by atoms with Crippen LogP contribution >= 0.6 is 0 Å². The van der Waals surface area contributed by atoms with Crippen molar-refractivity contribution in [2.75, 3.05) is 20.8 Å². The molecule has 0 aliphatic carbocycles. The van der Waals surface area contributed by atoms with Crippen molar-refractivity contribution in [2.24, 2.45) is 0 Å². The minimum absolute atomic E-state index is 0.0601. The molecule has 0 aromatic heterocycles. The van der Waals surface area contributed by atoms with Gasteiger partial charge in [0.2, 0.25) is 6.29 Å². The fraction of sp³-hybridized carbons (Fsp3) is 0.533. The van der Waals surface area contributed by atoms with Crippen LogP contribution in [0.5, 0.6) is 5.75 Å². The molecule has 2 rings (SSSR count). The van der Waals surface area contributed by atoms with E-state index in [2.05, 4.69) is 4.74 Å². The van der Waals surface area contributed by atoms with Crippen molar-refractivity contribution in [1.82, 2.24) is 0 Å². The molecule has 5 atom stereocenters. The van der Waals surface area contributed by atoms with Gasteiger partial charge in [-0.3, -0.25) is 10.1 Å². The molecule has 1 aliphatic rings. The van der Waals surface area contributed by atoms with Gasteiger partial charge in [0.1, 0.15) is 24.4 Å². The van der Waals surface area contributed by atoms with Crippen LogP contribution in [0.25, 0.3) is 0 Å². The molecular formula is C15H19NO10. The van der Waals surface area contributed by atoms with Gasteiger partial charge < -0.3 is 34.3 Å². The van der Waals surface area contributed by atoms with E-state index in [1.807, 2.05) is 0 Å². The van der Waals surface area contributed by atoms with Crippen molar-refractivity contribution in [2.45, 2.75) is 30.7 Å². The molecule has 144 valence electrons. The highest BCUT2D eigenvalue weighted by Crippen LogP contribution is 2.32. The number of ether oxygens (including phenoxy) is 4. The van der Waals surface area contributed by atoms with E-state index in [9.17, 15) is 30.2 Å².